The van der Waals surface area contributed by atoms with Crippen LogP contribution in [-0.2, 0) is 0 Å². The second-order valence-corrected chi connectivity index (χ2v) is 25.2. The highest BCUT2D eigenvalue weighted by Gasteiger charge is 3.07. The van der Waals surface area contributed by atoms with Gasteiger partial charge in [-0.05, 0) is 43.2 Å². The van der Waals surface area contributed by atoms with Crippen LogP contribution in [0.1, 0.15) is 169 Å². The van der Waals surface area contributed by atoms with E-state index in [1.54, 1.807) is 0 Å². The van der Waals surface area contributed by atoms with Gasteiger partial charge in [0.25, 0.3) is 0 Å². The van der Waals surface area contributed by atoms with Crippen molar-refractivity contribution in [2.24, 2.45) is 0 Å². The van der Waals surface area contributed by atoms with E-state index in [0.717, 1.165) is 0 Å². The summed E-state index contributed by atoms with van der Waals surface area (Å²) >= 11 is -13.7. The summed E-state index contributed by atoms with van der Waals surface area (Å²) in [6, 6.07) is 16.1. The largest absolute Gasteiger partial charge is 0.540 e. The first-order valence-corrected chi connectivity index (χ1v) is 29.4. The first-order valence-electron chi connectivity index (χ1n) is 27.1. The Balaban J connectivity index is 0.00000243. The molecule has 0 atom stereocenters. The van der Waals surface area contributed by atoms with Gasteiger partial charge in [-0.2, -0.15) is 83.4 Å². The van der Waals surface area contributed by atoms with Crippen molar-refractivity contribution in [3.05, 3.63) is 60.7 Å². The number of rotatable bonds is 36. The monoisotopic (exact) mass is 1300 g/mol. The number of quaternary nitrogens is 1. The average molecular weight is 1300 g/mol. The van der Waals surface area contributed by atoms with Crippen LogP contribution >= 0.6 is 0 Å². The van der Waals surface area contributed by atoms with Crippen LogP contribution in [0, 0.1) is 0 Å². The van der Waals surface area contributed by atoms with Crippen LogP contribution in [0.4, 0.5) is 127 Å². The fourth-order valence-corrected chi connectivity index (χ4v) is 14.6. The van der Waals surface area contributed by atoms with Crippen LogP contribution in [0.2, 0.25) is 0 Å². The maximum absolute atomic E-state index is 16.6. The van der Waals surface area contributed by atoms with Crippen LogP contribution < -0.4 is 5.32 Å². The number of alkyl halides is 29. The van der Waals surface area contributed by atoms with Crippen LogP contribution in [0.3, 0.4) is 0 Å². The van der Waals surface area contributed by atoms with Gasteiger partial charge in [0.1, 0.15) is 0 Å². The molecule has 0 unspecified atom stereocenters. The Hall–Kier alpha value is -3.10. The number of hydrogen-bond acceptors (Lipinski definition) is 0. The minimum atomic E-state index is -13.7. The quantitative estimate of drug-likeness (QED) is 0.0303. The molecule has 0 fully saturated rings. The standard InChI is InChI=1S/C12H10.4C9H13F6.C5H8F5N.Al/c1-3-7-11(8-4-1)12-9-5-2-6-10-12;4*1-2-3-4-5-6-8(12,13)9(14,15)7(10)11;1-2-3-11-5(9,10)4(6,7)8;/h1-10H;4*2-6H2,1H3;11H,2-3H2,1H3;/q;;;;;;-1/p+1. The van der Waals surface area contributed by atoms with E-state index in [0.29, 0.717) is 0 Å². The number of benzene rings is 2. The topological polar surface area (TPSA) is 16.6 Å². The van der Waals surface area contributed by atoms with Gasteiger partial charge in [-0.15, -0.1) is 8.78 Å². The lowest BCUT2D eigenvalue weighted by molar-refractivity contribution is -0.810. The van der Waals surface area contributed by atoms with Gasteiger partial charge in [-0.1, -0.05) is 172 Å². The molecule has 2 aromatic rings. The Bertz CT molecular complexity index is 1910. The van der Waals surface area contributed by atoms with E-state index >= 15 is 105 Å². The smallest absolute Gasteiger partial charge is 0.277 e. The van der Waals surface area contributed by atoms with Gasteiger partial charge in [-0.3, -0.25) is 40.4 Å². The summed E-state index contributed by atoms with van der Waals surface area (Å²) in [6.07, 6.45) is -28.1. The summed E-state index contributed by atoms with van der Waals surface area (Å²) in [5.74, 6) is -63.9. The molecule has 0 saturated heterocycles. The molecule has 2 aromatic carbocycles. The van der Waals surface area contributed by atoms with Crippen LogP contribution in [0.5, 0.6) is 0 Å². The summed E-state index contributed by atoms with van der Waals surface area (Å²) in [5, 5.41) is -0.00694. The second-order valence-electron chi connectivity index (χ2n) is 20.6. The van der Waals surface area contributed by atoms with Gasteiger partial charge in [0, 0.05) is 25.7 Å². The van der Waals surface area contributed by atoms with E-state index in [4.69, 9.17) is 0 Å². The fourth-order valence-electron chi connectivity index (χ4n) is 8.85. The Morgan fingerprint density at radius 1 is 0.286 bits per heavy atom. The van der Waals surface area contributed by atoms with Gasteiger partial charge in [-0.25, -0.2) is 0 Å². The Kier molecular flexibility index (Phi) is 30.2. The van der Waals surface area contributed by atoms with Crippen molar-refractivity contribution in [1.29, 1.82) is 0 Å². The zero-order valence-corrected chi connectivity index (χ0v) is 47.6. The van der Waals surface area contributed by atoms with E-state index in [-0.39, 0.29) is 69.6 Å². The predicted octanol–water partition coefficient (Wildman–Crippen LogP) is 21.6. The molecule has 494 valence electrons. The molecule has 0 amide bonds. The molecule has 0 spiro atoms. The van der Waals surface area contributed by atoms with Crippen molar-refractivity contribution in [2.75, 3.05) is 6.54 Å². The molecule has 31 heteroatoms. The van der Waals surface area contributed by atoms with E-state index in [2.05, 4.69) is 48.5 Å². The van der Waals surface area contributed by atoms with Gasteiger partial charge in [0.2, 0.25) is 0 Å². The van der Waals surface area contributed by atoms with Crippen molar-refractivity contribution in [3.8, 4) is 11.1 Å². The van der Waals surface area contributed by atoms with E-state index in [9.17, 15) is 22.0 Å². The van der Waals surface area contributed by atoms with Crippen molar-refractivity contribution < 1.29 is 133 Å². The van der Waals surface area contributed by atoms with Gasteiger partial charge >= 0.3 is 72.7 Å². The van der Waals surface area contributed by atoms with E-state index in [1.807, 2.05) is 12.1 Å². The summed E-state index contributed by atoms with van der Waals surface area (Å²) in [5.41, 5.74) is 2.55. The zero-order chi connectivity index (χ0) is 66.0. The van der Waals surface area contributed by atoms with Crippen molar-refractivity contribution in [3.63, 3.8) is 0 Å². The molecule has 0 saturated carbocycles. The fraction of sp³-hybridized carbons (Fsp3) is 0.774. The molecule has 0 radical (unpaired) electrons. The molecule has 84 heavy (non-hydrogen) atoms. The van der Waals surface area contributed by atoms with Gasteiger partial charge in [0.15, 0.2) is 19.1 Å². The maximum Gasteiger partial charge on any atom is 0.540 e. The van der Waals surface area contributed by atoms with Crippen molar-refractivity contribution >= 4 is 13.1 Å². The predicted molar refractivity (Wildman–Crippen MR) is 260 cm³/mol. The lowest BCUT2D eigenvalue weighted by atomic mass is 10.0. The molecule has 0 heterocycles. The minimum Gasteiger partial charge on any atom is -0.277 e. The first-order chi connectivity index (χ1) is 38.0. The number of nitrogens with two attached hydrogens (primary N) is 1. The summed E-state index contributed by atoms with van der Waals surface area (Å²) in [4.78, 5) is -38.8. The third-order valence-corrected chi connectivity index (χ3v) is 19.8. The molecule has 0 bridgehead atoms. The van der Waals surface area contributed by atoms with Gasteiger partial charge in [0.05, 0.1) is 6.54 Å². The molecule has 0 aliphatic heterocycles. The molecule has 0 aliphatic rings. The summed E-state index contributed by atoms with van der Waals surface area (Å²) in [7, 11) is 0. The lowest BCUT2D eigenvalue weighted by Gasteiger charge is -2.61. The average Bonchev–Trinajstić information content (AvgIpc) is 0.832. The normalized spacial score (nSPS) is 14.5. The minimum absolute atomic E-state index is 0.00694. The third kappa shape index (κ3) is 17.2. The molecule has 0 aromatic heterocycles. The first kappa shape index (κ1) is 80.9. The molecule has 2 rings (SSSR count). The van der Waals surface area contributed by atoms with Crippen molar-refractivity contribution in [1.82, 2.24) is 0 Å². The zero-order valence-electron chi connectivity index (χ0n) is 46.4. The highest BCUT2D eigenvalue weighted by atomic mass is 27.3. The van der Waals surface area contributed by atoms with E-state index in [1.165, 1.54) is 45.7 Å². The van der Waals surface area contributed by atoms with Crippen molar-refractivity contribution in [2.45, 2.75) is 248 Å². The van der Waals surface area contributed by atoms with Crippen LogP contribution in [0.25, 0.3) is 11.1 Å². The molecule has 1 nitrogen and oxygen atoms in total. The van der Waals surface area contributed by atoms with Crippen LogP contribution in [0.15, 0.2) is 60.7 Å². The van der Waals surface area contributed by atoms with E-state index < -0.39 is 169 Å². The van der Waals surface area contributed by atoms with Crippen LogP contribution in [-0.4, -0.2) is 98.4 Å². The molecule has 2 N–H and O–H groups in total. The number of hydrogen-bond donors (Lipinski definition) is 1. The Morgan fingerprint density at radius 3 is 0.679 bits per heavy atom. The number of halogens is 29. The number of unbranched alkanes of at least 4 members (excludes halogenated alkanes) is 12. The SMILES string of the molecule is CCCCCCC(F)(F)C(F)(F)[C](F)(F)[Al-]([C](F)(F)C(F)(F)C(F)(F)CCCCCC)([C](F)(F)C(F)(F)C(F)(F)CCCCCC)[C](F)(F)C(F)(F)C(F)(F)CCCCCC.CCC[NH2+]C(F)(F)C(F)(F)F.c1ccc(-c2ccccc2)cc1. The third-order valence-electron chi connectivity index (χ3n) is 14.0. The lowest BCUT2D eigenvalue weighted by Crippen LogP contribution is -2.97. The second kappa shape index (κ2) is 31.4. The maximum atomic E-state index is 16.6. The Labute approximate surface area is 471 Å². The summed E-state index contributed by atoms with van der Waals surface area (Å²) < 4.78 is 438. The van der Waals surface area contributed by atoms with Gasteiger partial charge < -0.3 is 0 Å². The molecular formula is C53H71AlF29N. The molecule has 0 aliphatic carbocycles. The Morgan fingerprint density at radius 2 is 0.500 bits per heavy atom. The summed E-state index contributed by atoms with van der Waals surface area (Å²) in [6.45, 7) is 6.39. The molecular weight excluding hydrogens is 1230 g/mol. The highest BCUT2D eigenvalue weighted by Crippen LogP contribution is 2.73. The highest BCUT2D eigenvalue weighted by molar-refractivity contribution is 6.89.